The fourth-order valence-corrected chi connectivity index (χ4v) is 7.25. The molecule has 0 amide bonds. The van der Waals surface area contributed by atoms with Gasteiger partial charge in [-0.1, -0.05) is 19.9 Å². The molecule has 0 aromatic carbocycles. The lowest BCUT2D eigenvalue weighted by Crippen LogP contribution is -2.70. The lowest BCUT2D eigenvalue weighted by Gasteiger charge is -2.63. The first-order chi connectivity index (χ1) is 13.4. The van der Waals surface area contributed by atoms with E-state index in [0.29, 0.717) is 0 Å². The predicted molar refractivity (Wildman–Crippen MR) is 100 cm³/mol. The summed E-state index contributed by atoms with van der Waals surface area (Å²) < 4.78 is 32.1. The molecular formula is C22H28F2O5. The third-order valence-corrected chi connectivity index (χ3v) is 8.78. The molecule has 5 nitrogen and oxygen atoms in total. The van der Waals surface area contributed by atoms with E-state index in [1.54, 1.807) is 13.8 Å². The van der Waals surface area contributed by atoms with Crippen LogP contribution in [-0.4, -0.2) is 57.0 Å². The largest absolute Gasteiger partial charge is 0.390 e. The van der Waals surface area contributed by atoms with Crippen LogP contribution in [0.2, 0.25) is 0 Å². The number of hydrogen-bond donors (Lipinski definition) is 3. The van der Waals surface area contributed by atoms with E-state index in [0.717, 1.165) is 6.08 Å². The van der Waals surface area contributed by atoms with Gasteiger partial charge >= 0.3 is 0 Å². The summed E-state index contributed by atoms with van der Waals surface area (Å²) in [6.07, 6.45) is 0.427. The standard InChI is InChI=1S/C22H28F2O5/c1-11-6-13-14-8-16(23)15-7-12(26)4-5-19(15,2)21(14,24)17(27)9-20(13,3)22(11,29)18(28)10-25/h4-5,7,11,13-14,16-17,25,27,29H,6,8-10H2,1-3H3/t11-,13+,14+,16+,17+,19+,20+,21-,22+/m1/s1. The number of fused-ring (bicyclic) bond motifs is 5. The number of allylic oxidation sites excluding steroid dienone is 4. The zero-order chi connectivity index (χ0) is 21.6. The quantitative estimate of drug-likeness (QED) is 0.646. The summed E-state index contributed by atoms with van der Waals surface area (Å²) in [7, 11) is 0. The molecule has 0 aliphatic heterocycles. The second-order valence-electron chi connectivity index (χ2n) is 9.84. The highest BCUT2D eigenvalue weighted by molar-refractivity contribution is 6.01. The third-order valence-electron chi connectivity index (χ3n) is 8.78. The van der Waals surface area contributed by atoms with Crippen LogP contribution in [0.15, 0.2) is 23.8 Å². The number of carbonyl (C=O) groups is 2. The van der Waals surface area contributed by atoms with Crippen molar-refractivity contribution in [2.45, 2.75) is 63.6 Å². The van der Waals surface area contributed by atoms with Crippen LogP contribution in [0.1, 0.15) is 40.0 Å². The van der Waals surface area contributed by atoms with Gasteiger partial charge in [-0.2, -0.15) is 0 Å². The van der Waals surface area contributed by atoms with Crippen LogP contribution >= 0.6 is 0 Å². The minimum Gasteiger partial charge on any atom is -0.390 e. The summed E-state index contributed by atoms with van der Waals surface area (Å²) in [5.74, 6) is -3.24. The molecule has 4 aliphatic carbocycles. The average Bonchev–Trinajstić information content (AvgIpc) is 2.86. The normalized spacial score (nSPS) is 53.7. The van der Waals surface area contributed by atoms with Gasteiger partial charge in [0.1, 0.15) is 18.4 Å². The van der Waals surface area contributed by atoms with Crippen molar-refractivity contribution in [1.29, 1.82) is 0 Å². The number of hydrogen-bond acceptors (Lipinski definition) is 5. The molecular weight excluding hydrogens is 382 g/mol. The molecule has 160 valence electrons. The Morgan fingerprint density at radius 2 is 1.93 bits per heavy atom. The van der Waals surface area contributed by atoms with Crippen LogP contribution in [0.25, 0.3) is 0 Å². The van der Waals surface area contributed by atoms with Crippen molar-refractivity contribution in [2.75, 3.05) is 6.61 Å². The van der Waals surface area contributed by atoms with Crippen molar-refractivity contribution in [3.8, 4) is 0 Å². The highest BCUT2D eigenvalue weighted by Crippen LogP contribution is 2.70. The first-order valence-electron chi connectivity index (χ1n) is 10.2. The van der Waals surface area contributed by atoms with Crippen molar-refractivity contribution in [1.82, 2.24) is 0 Å². The van der Waals surface area contributed by atoms with Crippen molar-refractivity contribution in [2.24, 2.45) is 28.6 Å². The molecule has 9 atom stereocenters. The van der Waals surface area contributed by atoms with Crippen molar-refractivity contribution in [3.63, 3.8) is 0 Å². The molecule has 0 bridgehead atoms. The SMILES string of the molecule is C[C@@H]1C[C@H]2[C@@H]3C[C@H](F)C4=CC(=O)C=C[C@]4(C)[C@]3(F)[C@@H](O)C[C@]2(C)[C@@]1(O)C(=O)CO. The highest BCUT2D eigenvalue weighted by atomic mass is 19.1. The monoisotopic (exact) mass is 410 g/mol. The Balaban J connectivity index is 1.87. The maximum Gasteiger partial charge on any atom is 0.190 e. The Kier molecular flexibility index (Phi) is 4.34. The lowest BCUT2D eigenvalue weighted by atomic mass is 9.44. The highest BCUT2D eigenvalue weighted by Gasteiger charge is 2.76. The van der Waals surface area contributed by atoms with Crippen LogP contribution in [0.5, 0.6) is 0 Å². The van der Waals surface area contributed by atoms with E-state index in [9.17, 15) is 24.9 Å². The fraction of sp³-hybridized carbons (Fsp3) is 0.727. The van der Waals surface area contributed by atoms with Gasteiger partial charge in [-0.05, 0) is 55.7 Å². The Labute approximate surface area is 168 Å². The minimum atomic E-state index is -2.24. The number of halogens is 2. The molecule has 0 radical (unpaired) electrons. The molecule has 3 fully saturated rings. The zero-order valence-electron chi connectivity index (χ0n) is 16.9. The van der Waals surface area contributed by atoms with E-state index < -0.39 is 70.3 Å². The van der Waals surface area contributed by atoms with Gasteiger partial charge in [-0.15, -0.1) is 0 Å². The second-order valence-corrected chi connectivity index (χ2v) is 9.84. The van der Waals surface area contributed by atoms with E-state index in [4.69, 9.17) is 0 Å². The molecule has 0 unspecified atom stereocenters. The van der Waals surface area contributed by atoms with Gasteiger partial charge in [0, 0.05) is 16.7 Å². The van der Waals surface area contributed by atoms with Crippen LogP contribution in [-0.2, 0) is 9.59 Å². The molecule has 29 heavy (non-hydrogen) atoms. The van der Waals surface area contributed by atoms with Gasteiger partial charge in [0.05, 0.1) is 6.10 Å². The van der Waals surface area contributed by atoms with E-state index in [1.165, 1.54) is 19.1 Å². The van der Waals surface area contributed by atoms with Gasteiger partial charge in [0.15, 0.2) is 17.2 Å². The molecule has 0 heterocycles. The smallest absolute Gasteiger partial charge is 0.190 e. The van der Waals surface area contributed by atoms with E-state index >= 15 is 8.78 Å². The number of aliphatic hydroxyl groups excluding tert-OH is 2. The Morgan fingerprint density at radius 1 is 1.28 bits per heavy atom. The molecule has 4 rings (SSSR count). The topological polar surface area (TPSA) is 94.8 Å². The first kappa shape index (κ1) is 20.8. The molecule has 3 saturated carbocycles. The average molecular weight is 410 g/mol. The number of aliphatic hydroxyl groups is 3. The minimum absolute atomic E-state index is 0.0409. The molecule has 0 aromatic heterocycles. The Morgan fingerprint density at radius 3 is 2.55 bits per heavy atom. The van der Waals surface area contributed by atoms with Gasteiger partial charge in [0.25, 0.3) is 0 Å². The molecule has 7 heteroatoms. The second kappa shape index (κ2) is 6.05. The van der Waals surface area contributed by atoms with Crippen LogP contribution in [0.3, 0.4) is 0 Å². The van der Waals surface area contributed by atoms with Crippen LogP contribution in [0.4, 0.5) is 8.78 Å². The summed E-state index contributed by atoms with van der Waals surface area (Å²) in [5.41, 5.74) is -6.81. The molecule has 0 saturated heterocycles. The number of rotatable bonds is 2. The molecule has 3 N–H and O–H groups in total. The van der Waals surface area contributed by atoms with E-state index in [-0.39, 0.29) is 24.8 Å². The fourth-order valence-electron chi connectivity index (χ4n) is 7.25. The maximum atomic E-state index is 16.9. The van der Waals surface area contributed by atoms with Gasteiger partial charge < -0.3 is 15.3 Å². The summed E-state index contributed by atoms with van der Waals surface area (Å²) in [6, 6.07) is 0. The van der Waals surface area contributed by atoms with Gasteiger partial charge in [0.2, 0.25) is 0 Å². The van der Waals surface area contributed by atoms with E-state index in [1.807, 2.05) is 0 Å². The summed E-state index contributed by atoms with van der Waals surface area (Å²) in [5, 5.41) is 31.9. The third kappa shape index (κ3) is 2.19. The lowest BCUT2D eigenvalue weighted by molar-refractivity contribution is -0.223. The molecule has 0 spiro atoms. The van der Waals surface area contributed by atoms with Gasteiger partial charge in [-0.25, -0.2) is 8.78 Å². The van der Waals surface area contributed by atoms with Crippen LogP contribution in [0, 0.1) is 28.6 Å². The molecule has 4 aliphatic rings. The van der Waals surface area contributed by atoms with Gasteiger partial charge in [-0.3, -0.25) is 9.59 Å². The Bertz CT molecular complexity index is 839. The summed E-state index contributed by atoms with van der Waals surface area (Å²) >= 11 is 0. The van der Waals surface area contributed by atoms with Crippen molar-refractivity contribution >= 4 is 11.6 Å². The van der Waals surface area contributed by atoms with Crippen molar-refractivity contribution < 1.29 is 33.7 Å². The zero-order valence-corrected chi connectivity index (χ0v) is 16.9. The van der Waals surface area contributed by atoms with E-state index in [2.05, 4.69) is 0 Å². The summed E-state index contributed by atoms with van der Waals surface area (Å²) in [4.78, 5) is 24.3. The Hall–Kier alpha value is -1.44. The van der Waals surface area contributed by atoms with Crippen molar-refractivity contribution in [3.05, 3.63) is 23.8 Å². The van der Waals surface area contributed by atoms with Crippen LogP contribution < -0.4 is 0 Å². The number of Topliss-reactive ketones (excluding diaryl/α,β-unsaturated/α-hetero) is 1. The number of ketones is 2. The first-order valence-corrected chi connectivity index (χ1v) is 10.2. The number of alkyl halides is 2. The number of carbonyl (C=O) groups excluding carboxylic acids is 2. The summed E-state index contributed by atoms with van der Waals surface area (Å²) in [6.45, 7) is 3.96. The maximum absolute atomic E-state index is 16.9. The predicted octanol–water partition coefficient (Wildman–Crippen LogP) is 1.84. The molecule has 0 aromatic rings.